The molecule has 1 heterocycles. The minimum Gasteiger partial charge on any atom is -0.381 e. The first kappa shape index (κ1) is 23.5. The number of rotatable bonds is 6. The maximum atomic E-state index is 13.4. The van der Waals surface area contributed by atoms with Gasteiger partial charge in [-0.05, 0) is 42.0 Å². The molecule has 8 heteroatoms. The van der Waals surface area contributed by atoms with Crippen molar-refractivity contribution in [2.24, 2.45) is 0 Å². The number of benzene rings is 3. The Morgan fingerprint density at radius 1 is 0.971 bits per heavy atom. The molecule has 4 rings (SSSR count). The molecule has 1 saturated heterocycles. The van der Waals surface area contributed by atoms with E-state index in [1.807, 2.05) is 6.07 Å². The first-order valence-corrected chi connectivity index (χ1v) is 12.8. The molecule has 174 valence electrons. The summed E-state index contributed by atoms with van der Waals surface area (Å²) in [5.41, 5.74) is 2.29. The third kappa shape index (κ3) is 5.11. The Morgan fingerprint density at radius 3 is 2.35 bits per heavy atom. The molecule has 0 saturated carbocycles. The van der Waals surface area contributed by atoms with Crippen LogP contribution in [0.2, 0.25) is 0 Å². The number of anilines is 2. The van der Waals surface area contributed by atoms with Crippen LogP contribution < -0.4 is 10.6 Å². The number of sulfone groups is 1. The van der Waals surface area contributed by atoms with Gasteiger partial charge in [-0.15, -0.1) is 0 Å². The number of nitriles is 1. The molecule has 1 fully saturated rings. The fraction of sp³-hybridized carbons (Fsp3) is 0.231. The van der Waals surface area contributed by atoms with Gasteiger partial charge in [0, 0.05) is 49.2 Å². The zero-order valence-corrected chi connectivity index (χ0v) is 19.6. The van der Waals surface area contributed by atoms with Crippen molar-refractivity contribution in [2.75, 3.05) is 30.1 Å². The molecule has 1 amide bonds. The van der Waals surface area contributed by atoms with Crippen LogP contribution in [0.3, 0.4) is 0 Å². The first-order valence-electron chi connectivity index (χ1n) is 10.9. The summed E-state index contributed by atoms with van der Waals surface area (Å²) >= 11 is 0. The highest BCUT2D eigenvalue weighted by molar-refractivity contribution is 7.90. The summed E-state index contributed by atoms with van der Waals surface area (Å²) < 4.78 is 29.8. The van der Waals surface area contributed by atoms with Crippen LogP contribution in [0.4, 0.5) is 11.4 Å². The van der Waals surface area contributed by atoms with Gasteiger partial charge in [-0.2, -0.15) is 5.26 Å². The normalized spacial score (nSPS) is 15.2. The zero-order chi connectivity index (χ0) is 24.2. The van der Waals surface area contributed by atoms with E-state index in [0.717, 1.165) is 5.56 Å². The first-order chi connectivity index (χ1) is 16.3. The molecule has 34 heavy (non-hydrogen) atoms. The summed E-state index contributed by atoms with van der Waals surface area (Å²) in [5, 5.41) is 15.5. The molecule has 0 unspecified atom stereocenters. The lowest BCUT2D eigenvalue weighted by Crippen LogP contribution is -2.53. The average Bonchev–Trinajstić information content (AvgIpc) is 2.84. The Kier molecular flexibility index (Phi) is 6.68. The zero-order valence-electron chi connectivity index (χ0n) is 18.7. The molecule has 7 nitrogen and oxygen atoms in total. The monoisotopic (exact) mass is 475 g/mol. The minimum atomic E-state index is -3.38. The Morgan fingerprint density at radius 2 is 1.68 bits per heavy atom. The molecule has 3 aromatic rings. The average molecular weight is 476 g/mol. The molecule has 0 bridgehead atoms. The summed E-state index contributed by atoms with van der Waals surface area (Å²) in [4.78, 5) is 13.7. The number of hydrogen-bond acceptors (Lipinski definition) is 6. The van der Waals surface area contributed by atoms with Gasteiger partial charge in [0.05, 0.1) is 16.5 Å². The van der Waals surface area contributed by atoms with Crippen molar-refractivity contribution >= 4 is 27.1 Å². The van der Waals surface area contributed by atoms with Crippen molar-refractivity contribution in [3.8, 4) is 17.2 Å². The number of nitrogens with zero attached hydrogens (tertiary/aromatic N) is 1. The van der Waals surface area contributed by atoms with Gasteiger partial charge < -0.3 is 15.4 Å². The van der Waals surface area contributed by atoms with Crippen LogP contribution in [0.1, 0.15) is 18.4 Å². The van der Waals surface area contributed by atoms with Crippen molar-refractivity contribution in [1.29, 1.82) is 5.26 Å². The molecular weight excluding hydrogens is 450 g/mol. The SMILES string of the molecule is CS(=O)(=O)c1ccccc1-c1ccc(NC(=O)C2(Nc3cccc(C#N)c3)CCOCC2)cc1. The number of carbonyl (C=O) groups excluding carboxylic acids is 1. The van der Waals surface area contributed by atoms with Crippen molar-refractivity contribution in [1.82, 2.24) is 0 Å². The van der Waals surface area contributed by atoms with Gasteiger partial charge in [0.15, 0.2) is 9.84 Å². The molecule has 1 aliphatic heterocycles. The van der Waals surface area contributed by atoms with Crippen LogP contribution in [-0.2, 0) is 19.4 Å². The highest BCUT2D eigenvalue weighted by Gasteiger charge is 2.40. The topological polar surface area (TPSA) is 108 Å². The van der Waals surface area contributed by atoms with E-state index < -0.39 is 15.4 Å². The molecule has 0 radical (unpaired) electrons. The molecule has 3 aromatic carbocycles. The highest BCUT2D eigenvalue weighted by Crippen LogP contribution is 2.30. The molecule has 0 aliphatic carbocycles. The Balaban J connectivity index is 1.57. The van der Waals surface area contributed by atoms with Gasteiger partial charge in [0.2, 0.25) is 5.91 Å². The molecule has 2 N–H and O–H groups in total. The number of amides is 1. The second kappa shape index (κ2) is 9.67. The standard InChI is InChI=1S/C26H25N3O4S/c1-34(31,32)24-8-3-2-7-23(24)20-9-11-21(12-10-20)28-25(30)26(13-15-33-16-14-26)29-22-6-4-5-19(17-22)18-27/h2-12,17,29H,13-16H2,1H3,(H,28,30). The molecular formula is C26H25N3O4S. The highest BCUT2D eigenvalue weighted by atomic mass is 32.2. The lowest BCUT2D eigenvalue weighted by atomic mass is 9.88. The van der Waals surface area contributed by atoms with Gasteiger partial charge in [0.25, 0.3) is 0 Å². The van der Waals surface area contributed by atoms with E-state index in [0.29, 0.717) is 48.6 Å². The Hall–Kier alpha value is -3.67. The van der Waals surface area contributed by atoms with Crippen LogP contribution in [0, 0.1) is 11.3 Å². The Labute approximate surface area is 199 Å². The third-order valence-electron chi connectivity index (χ3n) is 5.90. The smallest absolute Gasteiger partial charge is 0.250 e. The number of nitrogens with one attached hydrogen (secondary N) is 2. The third-order valence-corrected chi connectivity index (χ3v) is 7.05. The van der Waals surface area contributed by atoms with Crippen molar-refractivity contribution < 1.29 is 17.9 Å². The van der Waals surface area contributed by atoms with Crippen molar-refractivity contribution in [3.63, 3.8) is 0 Å². The summed E-state index contributed by atoms with van der Waals surface area (Å²) in [5.74, 6) is -0.192. The van der Waals surface area contributed by atoms with Crippen LogP contribution in [-0.4, -0.2) is 39.3 Å². The van der Waals surface area contributed by atoms with E-state index >= 15 is 0 Å². The summed E-state index contributed by atoms with van der Waals surface area (Å²) in [6, 6.07) is 23.1. The van der Waals surface area contributed by atoms with Crippen LogP contribution in [0.15, 0.2) is 77.7 Å². The van der Waals surface area contributed by atoms with Gasteiger partial charge in [-0.3, -0.25) is 4.79 Å². The molecule has 1 aliphatic rings. The maximum Gasteiger partial charge on any atom is 0.250 e. The number of hydrogen-bond donors (Lipinski definition) is 2. The van der Waals surface area contributed by atoms with Crippen LogP contribution in [0.5, 0.6) is 0 Å². The van der Waals surface area contributed by atoms with E-state index in [4.69, 9.17) is 4.74 Å². The predicted octanol–water partition coefficient (Wildman–Crippen LogP) is 4.23. The fourth-order valence-corrected chi connectivity index (χ4v) is 4.99. The number of ether oxygens (including phenoxy) is 1. The quantitative estimate of drug-likeness (QED) is 0.552. The lowest BCUT2D eigenvalue weighted by Gasteiger charge is -2.37. The van der Waals surface area contributed by atoms with Crippen LogP contribution >= 0.6 is 0 Å². The van der Waals surface area contributed by atoms with E-state index in [1.165, 1.54) is 6.26 Å². The van der Waals surface area contributed by atoms with E-state index in [2.05, 4.69) is 16.7 Å². The van der Waals surface area contributed by atoms with E-state index in [1.54, 1.807) is 66.7 Å². The predicted molar refractivity (Wildman–Crippen MR) is 131 cm³/mol. The van der Waals surface area contributed by atoms with Gasteiger partial charge in [-0.25, -0.2) is 8.42 Å². The maximum absolute atomic E-state index is 13.4. The number of carbonyl (C=O) groups is 1. The van der Waals surface area contributed by atoms with Crippen molar-refractivity contribution in [3.05, 3.63) is 78.4 Å². The van der Waals surface area contributed by atoms with Crippen LogP contribution in [0.25, 0.3) is 11.1 Å². The Bertz CT molecular complexity index is 1340. The summed E-state index contributed by atoms with van der Waals surface area (Å²) in [6.07, 6.45) is 2.15. The molecule has 0 atom stereocenters. The lowest BCUT2D eigenvalue weighted by molar-refractivity contribution is -0.123. The van der Waals surface area contributed by atoms with E-state index in [9.17, 15) is 18.5 Å². The summed E-state index contributed by atoms with van der Waals surface area (Å²) in [6.45, 7) is 0.888. The van der Waals surface area contributed by atoms with Gasteiger partial charge in [0.1, 0.15) is 5.54 Å². The molecule has 0 aromatic heterocycles. The largest absolute Gasteiger partial charge is 0.381 e. The van der Waals surface area contributed by atoms with Crippen molar-refractivity contribution in [2.45, 2.75) is 23.3 Å². The van der Waals surface area contributed by atoms with Gasteiger partial charge >= 0.3 is 0 Å². The van der Waals surface area contributed by atoms with E-state index in [-0.39, 0.29) is 10.8 Å². The second-order valence-electron chi connectivity index (χ2n) is 8.31. The minimum absolute atomic E-state index is 0.192. The fourth-order valence-electron chi connectivity index (χ4n) is 4.08. The second-order valence-corrected chi connectivity index (χ2v) is 10.3. The molecule has 0 spiro atoms. The summed E-state index contributed by atoms with van der Waals surface area (Å²) in [7, 11) is -3.38. The van der Waals surface area contributed by atoms with Gasteiger partial charge in [-0.1, -0.05) is 36.4 Å².